The zero-order chi connectivity index (χ0) is 25.7. The van der Waals surface area contributed by atoms with Crippen molar-refractivity contribution >= 4 is 33.8 Å². The highest BCUT2D eigenvalue weighted by Gasteiger charge is 2.42. The average molecular weight is 503 g/mol. The van der Waals surface area contributed by atoms with Gasteiger partial charge in [0, 0.05) is 28.7 Å². The second-order valence-electron chi connectivity index (χ2n) is 9.93. The number of anilines is 1. The largest absolute Gasteiger partial charge is 0.351 e. The highest BCUT2D eigenvalue weighted by Crippen LogP contribution is 2.44. The maximum absolute atomic E-state index is 5.97. The Hall–Kier alpha value is -3.96. The Balaban J connectivity index is 1.55. The Labute approximate surface area is 223 Å². The Kier molecular flexibility index (Phi) is 5.81. The molecular formula is C32H30N4S. The van der Waals surface area contributed by atoms with Crippen molar-refractivity contribution in [2.75, 3.05) is 4.90 Å². The Morgan fingerprint density at radius 2 is 1.59 bits per heavy atom. The van der Waals surface area contributed by atoms with E-state index in [0.717, 1.165) is 16.5 Å². The lowest BCUT2D eigenvalue weighted by Crippen LogP contribution is -2.29. The van der Waals surface area contributed by atoms with Crippen LogP contribution in [0, 0.1) is 27.7 Å². The first-order chi connectivity index (χ1) is 17.9. The standard InChI is InChI=1S/C32H30N4S/c1-20-15-16-25(18-21(20)2)36-31(30(34-32(36)37)28-13-7-8-17-33-28)27-19-22(3)35(23(27)4)29-14-9-11-24-10-5-6-12-26(24)29/h5-19,30-31H,1-4H3,(H,34,37)/t30-,31+/m1/s1. The monoisotopic (exact) mass is 502 g/mol. The zero-order valence-corrected chi connectivity index (χ0v) is 22.4. The quantitative estimate of drug-likeness (QED) is 0.259. The molecule has 3 aromatic carbocycles. The number of aromatic nitrogens is 2. The molecule has 1 N–H and O–H groups in total. The van der Waals surface area contributed by atoms with Gasteiger partial charge < -0.3 is 14.8 Å². The predicted molar refractivity (Wildman–Crippen MR) is 157 cm³/mol. The summed E-state index contributed by atoms with van der Waals surface area (Å²) in [5.74, 6) is 0. The first-order valence-electron chi connectivity index (χ1n) is 12.7. The minimum Gasteiger partial charge on any atom is -0.351 e. The second-order valence-corrected chi connectivity index (χ2v) is 10.3. The fourth-order valence-corrected chi connectivity index (χ4v) is 6.03. The first-order valence-corrected chi connectivity index (χ1v) is 13.1. The summed E-state index contributed by atoms with van der Waals surface area (Å²) in [4.78, 5) is 7.01. The van der Waals surface area contributed by atoms with Gasteiger partial charge in [-0.1, -0.05) is 48.5 Å². The minimum atomic E-state index is -0.0724. The molecule has 37 heavy (non-hydrogen) atoms. The van der Waals surface area contributed by atoms with Crippen molar-refractivity contribution in [1.29, 1.82) is 0 Å². The molecule has 5 aromatic rings. The summed E-state index contributed by atoms with van der Waals surface area (Å²) in [5.41, 5.74) is 9.44. The zero-order valence-electron chi connectivity index (χ0n) is 21.6. The molecule has 3 heterocycles. The van der Waals surface area contributed by atoms with Crippen molar-refractivity contribution in [3.8, 4) is 5.69 Å². The molecule has 184 valence electrons. The van der Waals surface area contributed by atoms with Gasteiger partial charge in [0.15, 0.2) is 5.11 Å². The normalized spacial score (nSPS) is 17.4. The molecule has 0 spiro atoms. The summed E-state index contributed by atoms with van der Waals surface area (Å²) < 4.78 is 2.38. The number of hydrogen-bond donors (Lipinski definition) is 1. The molecule has 0 saturated carbocycles. The van der Waals surface area contributed by atoms with Crippen molar-refractivity contribution in [2.45, 2.75) is 39.8 Å². The van der Waals surface area contributed by atoms with Crippen molar-refractivity contribution in [3.63, 3.8) is 0 Å². The van der Waals surface area contributed by atoms with Crippen LogP contribution in [0.2, 0.25) is 0 Å². The van der Waals surface area contributed by atoms with Gasteiger partial charge in [-0.3, -0.25) is 4.98 Å². The number of rotatable bonds is 4. The molecule has 1 aliphatic heterocycles. The van der Waals surface area contributed by atoms with Crippen molar-refractivity contribution in [1.82, 2.24) is 14.9 Å². The van der Waals surface area contributed by atoms with Gasteiger partial charge in [0.25, 0.3) is 0 Å². The van der Waals surface area contributed by atoms with E-state index >= 15 is 0 Å². The number of nitrogens with zero attached hydrogens (tertiary/aromatic N) is 3. The molecular weight excluding hydrogens is 472 g/mol. The highest BCUT2D eigenvalue weighted by atomic mass is 32.1. The fraction of sp³-hybridized carbons (Fsp3) is 0.188. The van der Waals surface area contributed by atoms with E-state index in [4.69, 9.17) is 17.2 Å². The van der Waals surface area contributed by atoms with Crippen LogP contribution in [0.3, 0.4) is 0 Å². The topological polar surface area (TPSA) is 33.1 Å². The number of aryl methyl sites for hydroxylation is 3. The summed E-state index contributed by atoms with van der Waals surface area (Å²) in [5, 5.41) is 6.81. The molecule has 6 rings (SSSR count). The van der Waals surface area contributed by atoms with Crippen LogP contribution < -0.4 is 10.2 Å². The van der Waals surface area contributed by atoms with Gasteiger partial charge >= 0.3 is 0 Å². The molecule has 0 unspecified atom stereocenters. The van der Waals surface area contributed by atoms with E-state index in [9.17, 15) is 0 Å². The fourth-order valence-electron chi connectivity index (χ4n) is 5.69. The van der Waals surface area contributed by atoms with Gasteiger partial charge in [0.2, 0.25) is 0 Å². The SMILES string of the molecule is Cc1ccc(N2C(=S)N[C@H](c3ccccn3)[C@@H]2c2cc(C)n(-c3cccc4ccccc34)c2C)cc1C. The number of hydrogen-bond acceptors (Lipinski definition) is 2. The van der Waals surface area contributed by atoms with Crippen LogP contribution >= 0.6 is 12.2 Å². The Bertz CT molecular complexity index is 1630. The van der Waals surface area contributed by atoms with E-state index in [0.29, 0.717) is 0 Å². The molecule has 5 heteroatoms. The predicted octanol–water partition coefficient (Wildman–Crippen LogP) is 7.44. The first kappa shape index (κ1) is 23.4. The third-order valence-electron chi connectivity index (χ3n) is 7.66. The molecule has 1 aliphatic rings. The van der Waals surface area contributed by atoms with E-state index in [1.165, 1.54) is 44.5 Å². The molecule has 1 fully saturated rings. The van der Waals surface area contributed by atoms with Gasteiger partial charge in [-0.2, -0.15) is 0 Å². The summed E-state index contributed by atoms with van der Waals surface area (Å²) in [6.07, 6.45) is 1.86. The smallest absolute Gasteiger partial charge is 0.174 e. The summed E-state index contributed by atoms with van der Waals surface area (Å²) in [7, 11) is 0. The van der Waals surface area contributed by atoms with Crippen LogP contribution in [0.5, 0.6) is 0 Å². The summed E-state index contributed by atoms with van der Waals surface area (Å²) in [6, 6.07) is 30.0. The second kappa shape index (κ2) is 9.16. The van der Waals surface area contributed by atoms with Crippen molar-refractivity contribution < 1.29 is 0 Å². The lowest BCUT2D eigenvalue weighted by molar-refractivity contribution is 0.565. The summed E-state index contributed by atoms with van der Waals surface area (Å²) in [6.45, 7) is 8.71. The molecule has 0 bridgehead atoms. The van der Waals surface area contributed by atoms with Crippen LogP contribution in [-0.4, -0.2) is 14.7 Å². The molecule has 4 nitrogen and oxygen atoms in total. The van der Waals surface area contributed by atoms with E-state index in [1.54, 1.807) is 0 Å². The van der Waals surface area contributed by atoms with E-state index in [1.807, 2.05) is 18.3 Å². The lowest BCUT2D eigenvalue weighted by Gasteiger charge is -2.28. The highest BCUT2D eigenvalue weighted by molar-refractivity contribution is 7.80. The van der Waals surface area contributed by atoms with Crippen molar-refractivity contribution in [2.24, 2.45) is 0 Å². The molecule has 0 amide bonds. The lowest BCUT2D eigenvalue weighted by atomic mass is 9.96. The van der Waals surface area contributed by atoms with Gasteiger partial charge in [0.05, 0.1) is 23.5 Å². The van der Waals surface area contributed by atoms with E-state index in [-0.39, 0.29) is 12.1 Å². The van der Waals surface area contributed by atoms with E-state index < -0.39 is 0 Å². The molecule has 2 atom stereocenters. The molecule has 1 saturated heterocycles. The molecule has 2 aromatic heterocycles. The van der Waals surface area contributed by atoms with Crippen LogP contribution in [0.4, 0.5) is 5.69 Å². The van der Waals surface area contributed by atoms with Crippen LogP contribution in [-0.2, 0) is 0 Å². The van der Waals surface area contributed by atoms with Crippen LogP contribution in [0.1, 0.15) is 45.9 Å². The van der Waals surface area contributed by atoms with Crippen LogP contribution in [0.15, 0.2) is 91.1 Å². The Morgan fingerprint density at radius 1 is 0.811 bits per heavy atom. The number of thiocarbonyl (C=S) groups is 1. The van der Waals surface area contributed by atoms with Gasteiger partial charge in [-0.25, -0.2) is 0 Å². The summed E-state index contributed by atoms with van der Waals surface area (Å²) >= 11 is 5.97. The van der Waals surface area contributed by atoms with Gasteiger partial charge in [0.1, 0.15) is 0 Å². The maximum Gasteiger partial charge on any atom is 0.174 e. The number of nitrogens with one attached hydrogen (secondary N) is 1. The average Bonchev–Trinajstić information content (AvgIpc) is 3.40. The number of benzene rings is 3. The van der Waals surface area contributed by atoms with Gasteiger partial charge in [-0.05, 0) is 98.4 Å². The third-order valence-corrected chi connectivity index (χ3v) is 7.98. The van der Waals surface area contributed by atoms with E-state index in [2.05, 4.69) is 115 Å². The minimum absolute atomic E-state index is 0.0422. The molecule has 0 aliphatic carbocycles. The molecule has 0 radical (unpaired) electrons. The van der Waals surface area contributed by atoms with Crippen LogP contribution in [0.25, 0.3) is 16.5 Å². The third kappa shape index (κ3) is 3.91. The number of fused-ring (bicyclic) bond motifs is 1. The maximum atomic E-state index is 5.97. The number of pyridine rings is 1. The van der Waals surface area contributed by atoms with Gasteiger partial charge in [-0.15, -0.1) is 0 Å². The Morgan fingerprint density at radius 3 is 2.38 bits per heavy atom. The van der Waals surface area contributed by atoms with Crippen molar-refractivity contribution in [3.05, 3.63) is 125 Å².